The molecule has 0 aliphatic heterocycles. The Kier molecular flexibility index (Phi) is 4.73. The Morgan fingerprint density at radius 2 is 2.00 bits per heavy atom. The summed E-state index contributed by atoms with van der Waals surface area (Å²) in [6.07, 6.45) is 4.31. The summed E-state index contributed by atoms with van der Waals surface area (Å²) in [5.74, 6) is -0.750. The van der Waals surface area contributed by atoms with Crippen LogP contribution in [0.5, 0.6) is 0 Å². The van der Waals surface area contributed by atoms with E-state index >= 15 is 0 Å². The average Bonchev–Trinajstić information content (AvgIpc) is 2.16. The number of amides is 1. The average molecular weight is 228 g/mol. The minimum absolute atomic E-state index is 0.0385. The van der Waals surface area contributed by atoms with Crippen molar-refractivity contribution in [2.45, 2.75) is 38.5 Å². The fourth-order valence-electron chi connectivity index (χ4n) is 1.92. The van der Waals surface area contributed by atoms with Gasteiger partial charge in [-0.25, -0.2) is 0 Å². The molecule has 1 amide bonds. The Balaban J connectivity index is 2.13. The van der Waals surface area contributed by atoms with E-state index in [1.54, 1.807) is 0 Å². The molecule has 1 aliphatic carbocycles. The molecule has 5 heteroatoms. The minimum Gasteiger partial charge on any atom is -0.481 e. The van der Waals surface area contributed by atoms with Gasteiger partial charge >= 0.3 is 5.97 Å². The first-order chi connectivity index (χ1) is 7.60. The Bertz CT molecular complexity index is 256. The van der Waals surface area contributed by atoms with Crippen molar-refractivity contribution < 1.29 is 14.7 Å². The van der Waals surface area contributed by atoms with E-state index in [4.69, 9.17) is 10.8 Å². The van der Waals surface area contributed by atoms with Gasteiger partial charge in [0.15, 0.2) is 0 Å². The highest BCUT2D eigenvalue weighted by molar-refractivity contribution is 5.83. The summed E-state index contributed by atoms with van der Waals surface area (Å²) < 4.78 is 0. The number of hydrogen-bond acceptors (Lipinski definition) is 3. The quantitative estimate of drug-likeness (QED) is 0.553. The van der Waals surface area contributed by atoms with E-state index in [9.17, 15) is 9.59 Å². The van der Waals surface area contributed by atoms with Crippen LogP contribution in [0.3, 0.4) is 0 Å². The molecule has 1 saturated carbocycles. The summed E-state index contributed by atoms with van der Waals surface area (Å²) in [7, 11) is 0. The van der Waals surface area contributed by atoms with Crippen molar-refractivity contribution in [2.75, 3.05) is 13.1 Å². The summed E-state index contributed by atoms with van der Waals surface area (Å²) in [5.41, 5.74) is 5.27. The largest absolute Gasteiger partial charge is 0.481 e. The minimum atomic E-state index is -0.788. The fourth-order valence-corrected chi connectivity index (χ4v) is 1.92. The Hall–Kier alpha value is -1.10. The molecular formula is C11H20N2O3. The van der Waals surface area contributed by atoms with Crippen LogP contribution in [-0.2, 0) is 9.59 Å². The van der Waals surface area contributed by atoms with Crippen molar-refractivity contribution in [3.8, 4) is 0 Å². The van der Waals surface area contributed by atoms with Crippen molar-refractivity contribution in [3.05, 3.63) is 0 Å². The third-order valence-electron chi connectivity index (χ3n) is 3.29. The molecule has 1 fully saturated rings. The second-order valence-corrected chi connectivity index (χ2v) is 4.44. The number of rotatable bonds is 7. The maximum Gasteiger partial charge on any atom is 0.303 e. The van der Waals surface area contributed by atoms with Crippen LogP contribution in [0.1, 0.15) is 38.5 Å². The van der Waals surface area contributed by atoms with Crippen LogP contribution in [0.25, 0.3) is 0 Å². The normalized spacial score (nSPS) is 17.6. The number of aliphatic carboxylic acids is 1. The molecule has 16 heavy (non-hydrogen) atoms. The first kappa shape index (κ1) is 13.0. The van der Waals surface area contributed by atoms with Gasteiger partial charge in [-0.05, 0) is 25.7 Å². The summed E-state index contributed by atoms with van der Waals surface area (Å²) in [6.45, 7) is 0.960. The number of nitrogens with one attached hydrogen (secondary N) is 1. The van der Waals surface area contributed by atoms with Gasteiger partial charge in [-0.3, -0.25) is 9.59 Å². The van der Waals surface area contributed by atoms with Crippen molar-refractivity contribution in [3.63, 3.8) is 0 Å². The van der Waals surface area contributed by atoms with Gasteiger partial charge < -0.3 is 16.2 Å². The molecule has 5 nitrogen and oxygen atoms in total. The lowest BCUT2D eigenvalue weighted by molar-refractivity contribution is -0.137. The Labute approximate surface area is 95.4 Å². The van der Waals surface area contributed by atoms with Crippen LogP contribution >= 0.6 is 0 Å². The van der Waals surface area contributed by atoms with Crippen LogP contribution < -0.4 is 11.1 Å². The van der Waals surface area contributed by atoms with E-state index in [2.05, 4.69) is 5.32 Å². The fraction of sp³-hybridized carbons (Fsp3) is 0.818. The van der Waals surface area contributed by atoms with Crippen LogP contribution in [-0.4, -0.2) is 30.1 Å². The van der Waals surface area contributed by atoms with Crippen LogP contribution in [0.15, 0.2) is 0 Å². The number of unbranched alkanes of at least 4 members (excludes halogenated alkanes) is 1. The van der Waals surface area contributed by atoms with Gasteiger partial charge in [0.05, 0.1) is 5.41 Å². The number of carboxylic acids is 1. The molecule has 1 aliphatic rings. The van der Waals surface area contributed by atoms with Gasteiger partial charge in [0.1, 0.15) is 0 Å². The second kappa shape index (κ2) is 5.84. The highest BCUT2D eigenvalue weighted by Gasteiger charge is 2.42. The first-order valence-corrected chi connectivity index (χ1v) is 5.81. The molecule has 0 saturated heterocycles. The highest BCUT2D eigenvalue weighted by atomic mass is 16.4. The molecular weight excluding hydrogens is 208 g/mol. The van der Waals surface area contributed by atoms with Gasteiger partial charge in [0.2, 0.25) is 5.91 Å². The standard InChI is InChI=1S/C11H20N2O3/c12-8-11(5-3-6-11)10(16)13-7-2-1-4-9(14)15/h1-8,12H2,(H,13,16)(H,14,15). The summed E-state index contributed by atoms with van der Waals surface area (Å²) in [4.78, 5) is 22.0. The topological polar surface area (TPSA) is 92.4 Å². The maximum atomic E-state index is 11.8. The van der Waals surface area contributed by atoms with Gasteiger partial charge in [-0.1, -0.05) is 6.42 Å². The lowest BCUT2D eigenvalue weighted by Gasteiger charge is -2.39. The SMILES string of the molecule is NCC1(C(=O)NCCCCC(=O)O)CCC1. The Morgan fingerprint density at radius 1 is 1.31 bits per heavy atom. The number of carboxylic acid groups (broad SMARTS) is 1. The van der Waals surface area contributed by atoms with Crippen molar-refractivity contribution in [1.82, 2.24) is 5.32 Å². The van der Waals surface area contributed by atoms with Crippen LogP contribution in [0.4, 0.5) is 0 Å². The summed E-state index contributed by atoms with van der Waals surface area (Å²) >= 11 is 0. The highest BCUT2D eigenvalue weighted by Crippen LogP contribution is 2.39. The van der Waals surface area contributed by atoms with Crippen molar-refractivity contribution >= 4 is 11.9 Å². The van der Waals surface area contributed by atoms with E-state index in [1.807, 2.05) is 0 Å². The van der Waals surface area contributed by atoms with Gasteiger partial charge in [0, 0.05) is 19.5 Å². The number of nitrogens with two attached hydrogens (primary N) is 1. The molecule has 0 aromatic heterocycles. The summed E-state index contributed by atoms with van der Waals surface area (Å²) in [5, 5.41) is 11.3. The molecule has 4 N–H and O–H groups in total. The second-order valence-electron chi connectivity index (χ2n) is 4.44. The zero-order valence-electron chi connectivity index (χ0n) is 9.50. The molecule has 0 bridgehead atoms. The third kappa shape index (κ3) is 3.20. The third-order valence-corrected chi connectivity index (χ3v) is 3.29. The molecule has 0 unspecified atom stereocenters. The van der Waals surface area contributed by atoms with Crippen LogP contribution in [0, 0.1) is 5.41 Å². The van der Waals surface area contributed by atoms with Gasteiger partial charge in [-0.15, -0.1) is 0 Å². The smallest absolute Gasteiger partial charge is 0.303 e. The zero-order chi connectivity index (χ0) is 12.0. The summed E-state index contributed by atoms with van der Waals surface area (Å²) in [6, 6.07) is 0. The molecule has 0 spiro atoms. The van der Waals surface area contributed by atoms with Crippen molar-refractivity contribution in [1.29, 1.82) is 0 Å². The molecule has 0 heterocycles. The number of hydrogen-bond donors (Lipinski definition) is 3. The zero-order valence-corrected chi connectivity index (χ0v) is 9.50. The van der Waals surface area contributed by atoms with E-state index in [0.29, 0.717) is 25.9 Å². The molecule has 0 radical (unpaired) electrons. The predicted molar refractivity (Wildman–Crippen MR) is 59.8 cm³/mol. The maximum absolute atomic E-state index is 11.8. The lowest BCUT2D eigenvalue weighted by atomic mass is 9.68. The Morgan fingerprint density at radius 3 is 2.44 bits per heavy atom. The molecule has 92 valence electrons. The predicted octanol–water partition coefficient (Wildman–Crippen LogP) is 0.486. The number of carbonyl (C=O) groups is 2. The molecule has 0 atom stereocenters. The molecule has 0 aromatic rings. The van der Waals surface area contributed by atoms with Gasteiger partial charge in [-0.2, -0.15) is 0 Å². The lowest BCUT2D eigenvalue weighted by Crippen LogP contribution is -2.50. The molecule has 0 aromatic carbocycles. The molecule has 1 rings (SSSR count). The first-order valence-electron chi connectivity index (χ1n) is 5.81. The number of carbonyl (C=O) groups excluding carboxylic acids is 1. The van der Waals surface area contributed by atoms with E-state index in [1.165, 1.54) is 0 Å². The van der Waals surface area contributed by atoms with E-state index < -0.39 is 5.97 Å². The van der Waals surface area contributed by atoms with Crippen LogP contribution in [0.2, 0.25) is 0 Å². The van der Waals surface area contributed by atoms with Crippen molar-refractivity contribution in [2.24, 2.45) is 11.1 Å². The van der Waals surface area contributed by atoms with E-state index in [0.717, 1.165) is 19.3 Å². The monoisotopic (exact) mass is 228 g/mol. The van der Waals surface area contributed by atoms with Gasteiger partial charge in [0.25, 0.3) is 0 Å². The van der Waals surface area contributed by atoms with E-state index in [-0.39, 0.29) is 17.7 Å².